The van der Waals surface area contributed by atoms with Crippen LogP contribution in [-0.4, -0.2) is 31.2 Å². The summed E-state index contributed by atoms with van der Waals surface area (Å²) in [5.41, 5.74) is 2.56. The lowest BCUT2D eigenvalue weighted by Crippen LogP contribution is -2.43. The average Bonchev–Trinajstić information content (AvgIpc) is 2.83. The van der Waals surface area contributed by atoms with E-state index in [4.69, 9.17) is 4.98 Å². The van der Waals surface area contributed by atoms with Crippen molar-refractivity contribution in [1.82, 2.24) is 10.3 Å². The van der Waals surface area contributed by atoms with Crippen LogP contribution in [0.2, 0.25) is 0 Å². The molecule has 0 atom stereocenters. The minimum atomic E-state index is 1.06. The van der Waals surface area contributed by atoms with Gasteiger partial charge in [0, 0.05) is 26.2 Å². The Hall–Kier alpha value is -1.13. The predicted octanol–water partition coefficient (Wildman–Crippen LogP) is 2.27. The first-order valence-corrected chi connectivity index (χ1v) is 7.04. The summed E-state index contributed by atoms with van der Waals surface area (Å²) in [6, 6.07) is 6.50. The van der Waals surface area contributed by atoms with E-state index in [1.165, 1.54) is 20.9 Å². The van der Waals surface area contributed by atoms with Crippen molar-refractivity contribution in [3.05, 3.63) is 23.8 Å². The Morgan fingerprint density at radius 3 is 2.94 bits per heavy atom. The average molecular weight is 247 g/mol. The molecule has 0 radical (unpaired) electrons. The molecule has 2 aromatic rings. The van der Waals surface area contributed by atoms with Crippen LogP contribution >= 0.6 is 11.3 Å². The van der Waals surface area contributed by atoms with Crippen molar-refractivity contribution in [1.29, 1.82) is 0 Å². The maximum absolute atomic E-state index is 4.82. The zero-order valence-electron chi connectivity index (χ0n) is 10.1. The number of hydrogen-bond donors (Lipinski definition) is 1. The molecule has 0 unspecified atom stereocenters. The minimum absolute atomic E-state index is 1.06. The van der Waals surface area contributed by atoms with Crippen molar-refractivity contribution in [3.63, 3.8) is 0 Å². The molecular weight excluding hydrogens is 230 g/mol. The van der Waals surface area contributed by atoms with Crippen LogP contribution in [0.5, 0.6) is 0 Å². The molecule has 1 fully saturated rings. The van der Waals surface area contributed by atoms with Crippen molar-refractivity contribution >= 4 is 26.7 Å². The first kappa shape index (κ1) is 11.0. The Morgan fingerprint density at radius 1 is 1.35 bits per heavy atom. The molecule has 1 aliphatic heterocycles. The van der Waals surface area contributed by atoms with E-state index in [1.54, 1.807) is 0 Å². The summed E-state index contributed by atoms with van der Waals surface area (Å²) < 4.78 is 1.32. The SMILES string of the molecule is CCc1cccc2sc(N3CCNCC3)nc12. The number of benzene rings is 1. The van der Waals surface area contributed by atoms with Gasteiger partial charge in [-0.2, -0.15) is 0 Å². The quantitative estimate of drug-likeness (QED) is 0.882. The summed E-state index contributed by atoms with van der Waals surface area (Å²) in [5, 5.41) is 4.56. The molecule has 17 heavy (non-hydrogen) atoms. The highest BCUT2D eigenvalue weighted by molar-refractivity contribution is 7.22. The van der Waals surface area contributed by atoms with Gasteiger partial charge in [0.25, 0.3) is 0 Å². The molecule has 0 bridgehead atoms. The maximum atomic E-state index is 4.82. The van der Waals surface area contributed by atoms with Gasteiger partial charge >= 0.3 is 0 Å². The van der Waals surface area contributed by atoms with Crippen molar-refractivity contribution < 1.29 is 0 Å². The van der Waals surface area contributed by atoms with Gasteiger partial charge in [0.05, 0.1) is 10.2 Å². The summed E-state index contributed by atoms with van der Waals surface area (Å²) in [6.45, 7) is 6.47. The molecule has 1 saturated heterocycles. The Labute approximate surface area is 105 Å². The van der Waals surface area contributed by atoms with Gasteiger partial charge in [-0.3, -0.25) is 0 Å². The van der Waals surface area contributed by atoms with Gasteiger partial charge < -0.3 is 10.2 Å². The Morgan fingerprint density at radius 2 is 2.18 bits per heavy atom. The van der Waals surface area contributed by atoms with Gasteiger partial charge in [0.15, 0.2) is 5.13 Å². The number of aromatic nitrogens is 1. The number of rotatable bonds is 2. The molecule has 0 saturated carbocycles. The molecule has 0 aliphatic carbocycles. The van der Waals surface area contributed by atoms with Gasteiger partial charge in [0.1, 0.15) is 0 Å². The smallest absolute Gasteiger partial charge is 0.186 e. The third-order valence-electron chi connectivity index (χ3n) is 3.26. The molecule has 90 valence electrons. The molecular formula is C13H17N3S. The number of para-hydroxylation sites is 1. The molecule has 1 aliphatic rings. The van der Waals surface area contributed by atoms with Crippen molar-refractivity contribution in [3.8, 4) is 0 Å². The fourth-order valence-corrected chi connectivity index (χ4v) is 3.34. The molecule has 0 spiro atoms. The monoisotopic (exact) mass is 247 g/mol. The molecule has 1 N–H and O–H groups in total. The highest BCUT2D eigenvalue weighted by Gasteiger charge is 2.15. The number of aryl methyl sites for hydroxylation is 1. The largest absolute Gasteiger partial charge is 0.346 e. The molecule has 4 heteroatoms. The van der Waals surface area contributed by atoms with Crippen molar-refractivity contribution in [2.45, 2.75) is 13.3 Å². The van der Waals surface area contributed by atoms with Gasteiger partial charge in [-0.05, 0) is 18.1 Å². The van der Waals surface area contributed by atoms with Crippen LogP contribution in [0, 0.1) is 0 Å². The second-order valence-corrected chi connectivity index (χ2v) is 5.36. The second kappa shape index (κ2) is 4.63. The van der Waals surface area contributed by atoms with Crippen LogP contribution in [0.15, 0.2) is 18.2 Å². The summed E-state index contributed by atoms with van der Waals surface area (Å²) in [4.78, 5) is 7.21. The van der Waals surface area contributed by atoms with E-state index in [9.17, 15) is 0 Å². The van der Waals surface area contributed by atoms with E-state index >= 15 is 0 Å². The fourth-order valence-electron chi connectivity index (χ4n) is 2.27. The second-order valence-electron chi connectivity index (χ2n) is 4.35. The topological polar surface area (TPSA) is 28.2 Å². The molecule has 3 nitrogen and oxygen atoms in total. The lowest BCUT2D eigenvalue weighted by molar-refractivity contribution is 0.588. The minimum Gasteiger partial charge on any atom is -0.346 e. The number of fused-ring (bicyclic) bond motifs is 1. The van der Waals surface area contributed by atoms with Gasteiger partial charge in [-0.1, -0.05) is 30.4 Å². The zero-order valence-corrected chi connectivity index (χ0v) is 10.9. The molecule has 3 rings (SSSR count). The normalized spacial score (nSPS) is 16.6. The van der Waals surface area contributed by atoms with Crippen LogP contribution < -0.4 is 10.2 Å². The third-order valence-corrected chi connectivity index (χ3v) is 4.34. The Kier molecular flexibility index (Phi) is 2.99. The molecule has 2 heterocycles. The first-order valence-electron chi connectivity index (χ1n) is 6.22. The highest BCUT2D eigenvalue weighted by Crippen LogP contribution is 2.30. The number of hydrogen-bond acceptors (Lipinski definition) is 4. The number of anilines is 1. The summed E-state index contributed by atoms with van der Waals surface area (Å²) >= 11 is 1.82. The lowest BCUT2D eigenvalue weighted by atomic mass is 10.1. The number of nitrogens with one attached hydrogen (secondary N) is 1. The van der Waals surface area contributed by atoms with E-state index in [-0.39, 0.29) is 0 Å². The maximum Gasteiger partial charge on any atom is 0.186 e. The van der Waals surface area contributed by atoms with E-state index in [2.05, 4.69) is 35.3 Å². The van der Waals surface area contributed by atoms with Crippen molar-refractivity contribution in [2.24, 2.45) is 0 Å². The van der Waals surface area contributed by atoms with Crippen LogP contribution in [0.25, 0.3) is 10.2 Å². The van der Waals surface area contributed by atoms with Gasteiger partial charge in [-0.25, -0.2) is 4.98 Å². The highest BCUT2D eigenvalue weighted by atomic mass is 32.1. The standard InChI is InChI=1S/C13H17N3S/c1-2-10-4-3-5-11-12(10)15-13(17-11)16-8-6-14-7-9-16/h3-5,14H,2,6-9H2,1H3. The van der Waals surface area contributed by atoms with E-state index in [0.717, 1.165) is 32.6 Å². The number of nitrogens with zero attached hydrogens (tertiary/aromatic N) is 2. The van der Waals surface area contributed by atoms with Gasteiger partial charge in [0.2, 0.25) is 0 Å². The fraction of sp³-hybridized carbons (Fsp3) is 0.462. The zero-order chi connectivity index (χ0) is 11.7. The van der Waals surface area contributed by atoms with Crippen LogP contribution in [0.3, 0.4) is 0 Å². The van der Waals surface area contributed by atoms with E-state index < -0.39 is 0 Å². The Bertz CT molecular complexity index is 514. The Balaban J connectivity index is 2.00. The third kappa shape index (κ3) is 2.03. The molecule has 1 aromatic heterocycles. The number of piperazine rings is 1. The van der Waals surface area contributed by atoms with Crippen LogP contribution in [0.1, 0.15) is 12.5 Å². The van der Waals surface area contributed by atoms with Crippen molar-refractivity contribution in [2.75, 3.05) is 31.1 Å². The van der Waals surface area contributed by atoms with E-state index in [0.29, 0.717) is 0 Å². The van der Waals surface area contributed by atoms with Crippen LogP contribution in [-0.2, 0) is 6.42 Å². The first-order chi connectivity index (χ1) is 8.38. The number of thiazole rings is 1. The predicted molar refractivity (Wildman–Crippen MR) is 74.1 cm³/mol. The van der Waals surface area contributed by atoms with E-state index in [1.807, 2.05) is 11.3 Å². The lowest BCUT2D eigenvalue weighted by Gasteiger charge is -2.26. The van der Waals surface area contributed by atoms with Gasteiger partial charge in [-0.15, -0.1) is 0 Å². The summed E-state index contributed by atoms with van der Waals surface area (Å²) in [7, 11) is 0. The van der Waals surface area contributed by atoms with Crippen LogP contribution in [0.4, 0.5) is 5.13 Å². The summed E-state index contributed by atoms with van der Waals surface area (Å²) in [5.74, 6) is 0. The summed E-state index contributed by atoms with van der Waals surface area (Å²) in [6.07, 6.45) is 1.06. The molecule has 1 aromatic carbocycles. The molecule has 0 amide bonds.